The Hall–Kier alpha value is -1.32. The van der Waals surface area contributed by atoms with Crippen molar-refractivity contribution in [3.05, 3.63) is 11.6 Å². The summed E-state index contributed by atoms with van der Waals surface area (Å²) in [6.45, 7) is 3.08. The van der Waals surface area contributed by atoms with E-state index in [2.05, 4.69) is 0 Å². The first-order valence-corrected chi connectivity index (χ1v) is 3.63. The van der Waals surface area contributed by atoms with Crippen molar-refractivity contribution in [3.8, 4) is 0 Å². The molecule has 0 radical (unpaired) electrons. The minimum atomic E-state index is -1.07. The van der Waals surface area contributed by atoms with Gasteiger partial charge in [0.1, 0.15) is 0 Å². The Kier molecular flexibility index (Phi) is 4.04. The first-order valence-electron chi connectivity index (χ1n) is 3.63. The summed E-state index contributed by atoms with van der Waals surface area (Å²) in [6, 6.07) is 0. The highest BCUT2D eigenvalue weighted by Crippen LogP contribution is 2.08. The Balaban J connectivity index is 4.46. The van der Waals surface area contributed by atoms with Crippen molar-refractivity contribution in [2.45, 2.75) is 20.3 Å². The quantitative estimate of drug-likeness (QED) is 0.623. The molecule has 4 heteroatoms. The molecule has 0 aromatic rings. The first kappa shape index (κ1) is 10.7. The monoisotopic (exact) mass is 172 g/mol. The van der Waals surface area contributed by atoms with Gasteiger partial charge in [-0.1, -0.05) is 13.0 Å². The van der Waals surface area contributed by atoms with E-state index in [4.69, 9.17) is 10.2 Å². The standard InChI is InChI=1S/C8H12O4/c1-3-6(8(11)12)4-5(2)7(9)10/h4,6H,3H2,1-2H3,(H,9,10)(H,11,12). The van der Waals surface area contributed by atoms with E-state index in [-0.39, 0.29) is 5.57 Å². The molecular weight excluding hydrogens is 160 g/mol. The van der Waals surface area contributed by atoms with Crippen molar-refractivity contribution in [3.63, 3.8) is 0 Å². The molecule has 0 aliphatic rings. The Morgan fingerprint density at radius 2 is 1.92 bits per heavy atom. The van der Waals surface area contributed by atoms with Crippen molar-refractivity contribution in [1.29, 1.82) is 0 Å². The molecular formula is C8H12O4. The van der Waals surface area contributed by atoms with Gasteiger partial charge in [0.15, 0.2) is 0 Å². The lowest BCUT2D eigenvalue weighted by Crippen LogP contribution is -2.11. The molecule has 0 saturated heterocycles. The fraction of sp³-hybridized carbons (Fsp3) is 0.500. The van der Waals surface area contributed by atoms with Gasteiger partial charge in [0.2, 0.25) is 0 Å². The molecule has 0 saturated carbocycles. The van der Waals surface area contributed by atoms with Crippen LogP contribution in [0.4, 0.5) is 0 Å². The SMILES string of the molecule is CCC(C=C(C)C(=O)O)C(=O)O. The zero-order chi connectivity index (χ0) is 9.72. The van der Waals surface area contributed by atoms with Crippen LogP contribution in [-0.4, -0.2) is 22.2 Å². The van der Waals surface area contributed by atoms with Gasteiger partial charge in [0, 0.05) is 5.57 Å². The van der Waals surface area contributed by atoms with Gasteiger partial charge in [0.05, 0.1) is 5.92 Å². The number of carbonyl (C=O) groups is 2. The first-order chi connectivity index (χ1) is 5.49. The smallest absolute Gasteiger partial charge is 0.330 e. The summed E-state index contributed by atoms with van der Waals surface area (Å²) in [5.74, 6) is -2.76. The van der Waals surface area contributed by atoms with Gasteiger partial charge >= 0.3 is 11.9 Å². The van der Waals surface area contributed by atoms with Crippen LogP contribution < -0.4 is 0 Å². The average molecular weight is 172 g/mol. The number of rotatable bonds is 4. The van der Waals surface area contributed by atoms with Crippen molar-refractivity contribution < 1.29 is 19.8 Å². The van der Waals surface area contributed by atoms with E-state index in [1.165, 1.54) is 13.0 Å². The second-order valence-electron chi connectivity index (χ2n) is 2.51. The third-order valence-corrected chi connectivity index (χ3v) is 1.55. The van der Waals surface area contributed by atoms with E-state index >= 15 is 0 Å². The van der Waals surface area contributed by atoms with Crippen molar-refractivity contribution in [1.82, 2.24) is 0 Å². The van der Waals surface area contributed by atoms with Crippen LogP contribution in [0, 0.1) is 5.92 Å². The maximum Gasteiger partial charge on any atom is 0.330 e. The van der Waals surface area contributed by atoms with Crippen LogP contribution in [0.15, 0.2) is 11.6 Å². The summed E-state index contributed by atoms with van der Waals surface area (Å²) in [5.41, 5.74) is 0.0734. The van der Waals surface area contributed by atoms with E-state index in [1.54, 1.807) is 6.92 Å². The molecule has 1 atom stereocenters. The molecule has 0 aliphatic heterocycles. The van der Waals surface area contributed by atoms with Crippen LogP contribution in [0.2, 0.25) is 0 Å². The van der Waals surface area contributed by atoms with Crippen LogP contribution in [-0.2, 0) is 9.59 Å². The summed E-state index contributed by atoms with van der Waals surface area (Å²) < 4.78 is 0. The fourth-order valence-corrected chi connectivity index (χ4v) is 0.737. The summed E-state index contributed by atoms with van der Waals surface area (Å²) in [4.78, 5) is 20.8. The predicted octanol–water partition coefficient (Wildman–Crippen LogP) is 1.13. The zero-order valence-electron chi connectivity index (χ0n) is 7.07. The van der Waals surface area contributed by atoms with Gasteiger partial charge in [-0.05, 0) is 13.3 Å². The Labute approximate surface area is 70.5 Å². The van der Waals surface area contributed by atoms with E-state index in [9.17, 15) is 9.59 Å². The summed E-state index contributed by atoms with van der Waals surface area (Å²) in [5, 5.41) is 17.0. The number of hydrogen-bond donors (Lipinski definition) is 2. The predicted molar refractivity (Wildman–Crippen MR) is 42.8 cm³/mol. The van der Waals surface area contributed by atoms with Gasteiger partial charge in [-0.2, -0.15) is 0 Å². The third-order valence-electron chi connectivity index (χ3n) is 1.55. The van der Waals surface area contributed by atoms with Crippen LogP contribution in [0.25, 0.3) is 0 Å². The summed E-state index contributed by atoms with van der Waals surface area (Å²) >= 11 is 0. The molecule has 0 aromatic carbocycles. The molecule has 0 rings (SSSR count). The number of carboxylic acids is 2. The van der Waals surface area contributed by atoms with Crippen molar-refractivity contribution in [2.24, 2.45) is 5.92 Å². The Morgan fingerprint density at radius 1 is 1.42 bits per heavy atom. The molecule has 68 valence electrons. The second-order valence-corrected chi connectivity index (χ2v) is 2.51. The van der Waals surface area contributed by atoms with Crippen molar-refractivity contribution >= 4 is 11.9 Å². The zero-order valence-corrected chi connectivity index (χ0v) is 7.07. The molecule has 2 N–H and O–H groups in total. The molecule has 0 bridgehead atoms. The summed E-state index contributed by atoms with van der Waals surface area (Å²) in [6.07, 6.45) is 1.66. The second kappa shape index (κ2) is 4.54. The number of aliphatic carboxylic acids is 2. The highest BCUT2D eigenvalue weighted by Gasteiger charge is 2.13. The molecule has 4 nitrogen and oxygen atoms in total. The lowest BCUT2D eigenvalue weighted by molar-refractivity contribution is -0.140. The molecule has 0 spiro atoms. The van der Waals surface area contributed by atoms with Crippen LogP contribution in [0.5, 0.6) is 0 Å². The molecule has 0 aliphatic carbocycles. The minimum Gasteiger partial charge on any atom is -0.481 e. The molecule has 1 unspecified atom stereocenters. The molecule has 0 aromatic heterocycles. The minimum absolute atomic E-state index is 0.0734. The van der Waals surface area contributed by atoms with Gasteiger partial charge in [-0.25, -0.2) is 4.79 Å². The van der Waals surface area contributed by atoms with E-state index in [0.29, 0.717) is 6.42 Å². The molecule has 0 fully saturated rings. The van der Waals surface area contributed by atoms with E-state index in [0.717, 1.165) is 0 Å². The highest BCUT2D eigenvalue weighted by molar-refractivity contribution is 5.87. The topological polar surface area (TPSA) is 74.6 Å². The summed E-state index contributed by atoms with van der Waals surface area (Å²) in [7, 11) is 0. The fourth-order valence-electron chi connectivity index (χ4n) is 0.737. The normalized spacial score (nSPS) is 14.0. The lowest BCUT2D eigenvalue weighted by Gasteiger charge is -2.03. The molecule has 12 heavy (non-hydrogen) atoms. The van der Waals surface area contributed by atoms with E-state index < -0.39 is 17.9 Å². The molecule has 0 heterocycles. The highest BCUT2D eigenvalue weighted by atomic mass is 16.4. The van der Waals surface area contributed by atoms with Gasteiger partial charge in [0.25, 0.3) is 0 Å². The maximum atomic E-state index is 10.5. The van der Waals surface area contributed by atoms with Crippen LogP contribution in [0.1, 0.15) is 20.3 Å². The number of hydrogen-bond acceptors (Lipinski definition) is 2. The van der Waals surface area contributed by atoms with Gasteiger partial charge in [-0.15, -0.1) is 0 Å². The van der Waals surface area contributed by atoms with E-state index in [1.807, 2.05) is 0 Å². The van der Waals surface area contributed by atoms with Crippen LogP contribution >= 0.6 is 0 Å². The molecule has 0 amide bonds. The average Bonchev–Trinajstić information content (AvgIpc) is 1.98. The Morgan fingerprint density at radius 3 is 2.17 bits per heavy atom. The lowest BCUT2D eigenvalue weighted by atomic mass is 10.0. The largest absolute Gasteiger partial charge is 0.481 e. The Bertz CT molecular complexity index is 217. The third kappa shape index (κ3) is 3.18. The van der Waals surface area contributed by atoms with Gasteiger partial charge in [-0.3, -0.25) is 4.79 Å². The van der Waals surface area contributed by atoms with Crippen molar-refractivity contribution in [2.75, 3.05) is 0 Å². The number of carboxylic acid groups (broad SMARTS) is 2. The van der Waals surface area contributed by atoms with Gasteiger partial charge < -0.3 is 10.2 Å². The van der Waals surface area contributed by atoms with Crippen LogP contribution in [0.3, 0.4) is 0 Å². The maximum absolute atomic E-state index is 10.5.